The molecule has 7 heteroatoms. The van der Waals surface area contributed by atoms with Crippen LogP contribution >= 0.6 is 0 Å². The van der Waals surface area contributed by atoms with E-state index in [4.69, 9.17) is 4.74 Å². The predicted octanol–water partition coefficient (Wildman–Crippen LogP) is 2.38. The summed E-state index contributed by atoms with van der Waals surface area (Å²) in [4.78, 5) is 11.0. The van der Waals surface area contributed by atoms with Gasteiger partial charge in [0.15, 0.2) is 11.6 Å². The lowest BCUT2D eigenvalue weighted by Crippen LogP contribution is -2.35. The Bertz CT molecular complexity index is 522. The van der Waals surface area contributed by atoms with Gasteiger partial charge in [0.05, 0.1) is 19.8 Å². The number of carbonyl (C=O) groups excluding carboxylic acids is 1. The molecule has 1 fully saturated rings. The van der Waals surface area contributed by atoms with E-state index in [0.29, 0.717) is 6.54 Å². The van der Waals surface area contributed by atoms with Crippen LogP contribution in [0.15, 0.2) is 18.2 Å². The zero-order valence-corrected chi connectivity index (χ0v) is 13.1. The van der Waals surface area contributed by atoms with E-state index in [0.717, 1.165) is 25.5 Å². The Kier molecular flexibility index (Phi) is 6.73. The number of nitrogens with one attached hydrogen (secondary N) is 2. The van der Waals surface area contributed by atoms with Crippen molar-refractivity contribution in [3.63, 3.8) is 0 Å². The average molecular weight is 328 g/mol. The van der Waals surface area contributed by atoms with Gasteiger partial charge in [-0.1, -0.05) is 12.1 Å². The summed E-state index contributed by atoms with van der Waals surface area (Å²) in [5, 5.41) is 5.75. The van der Waals surface area contributed by atoms with Crippen LogP contribution in [0, 0.1) is 17.6 Å². The van der Waals surface area contributed by atoms with E-state index < -0.39 is 23.8 Å². The second-order valence-corrected chi connectivity index (χ2v) is 5.46. The molecule has 1 saturated heterocycles. The van der Waals surface area contributed by atoms with Crippen LogP contribution in [0.5, 0.6) is 0 Å². The lowest BCUT2D eigenvalue weighted by Gasteiger charge is -2.31. The Balaban J connectivity index is 2.05. The summed E-state index contributed by atoms with van der Waals surface area (Å²) < 4.78 is 37.9. The van der Waals surface area contributed by atoms with Crippen molar-refractivity contribution in [1.82, 2.24) is 10.6 Å². The first-order chi connectivity index (χ1) is 11.1. The minimum absolute atomic E-state index is 0.0539. The summed E-state index contributed by atoms with van der Waals surface area (Å²) in [7, 11) is 1.27. The lowest BCUT2D eigenvalue weighted by atomic mass is 9.89. The summed E-state index contributed by atoms with van der Waals surface area (Å²) in [5.41, 5.74) is 0.219. The number of alkyl carbamates (subject to hydrolysis) is 1. The molecule has 0 saturated carbocycles. The van der Waals surface area contributed by atoms with Crippen molar-refractivity contribution in [2.45, 2.75) is 18.9 Å². The number of benzene rings is 1. The molecule has 1 aromatic carbocycles. The Labute approximate surface area is 134 Å². The van der Waals surface area contributed by atoms with Crippen molar-refractivity contribution in [1.29, 1.82) is 0 Å². The minimum Gasteiger partial charge on any atom is -0.453 e. The van der Waals surface area contributed by atoms with Gasteiger partial charge in [-0.25, -0.2) is 13.6 Å². The summed E-state index contributed by atoms with van der Waals surface area (Å²) in [6, 6.07) is 4.12. The van der Waals surface area contributed by atoms with E-state index in [-0.39, 0.29) is 24.6 Å². The number of amides is 1. The second kappa shape index (κ2) is 8.79. The first-order valence-electron chi connectivity index (χ1n) is 7.71. The van der Waals surface area contributed by atoms with Crippen LogP contribution in [0.3, 0.4) is 0 Å². The molecule has 0 bridgehead atoms. The number of hydrogen-bond donors (Lipinski definition) is 2. The number of halogens is 2. The third-order valence-corrected chi connectivity index (χ3v) is 3.91. The highest BCUT2D eigenvalue weighted by molar-refractivity contribution is 5.66. The second-order valence-electron chi connectivity index (χ2n) is 5.46. The number of methoxy groups -OCH3 is 1. The molecule has 0 aliphatic carbocycles. The molecule has 2 rings (SSSR count). The molecule has 1 aliphatic heterocycles. The first-order valence-corrected chi connectivity index (χ1v) is 7.71. The maximum atomic E-state index is 14.1. The molecule has 2 atom stereocenters. The smallest absolute Gasteiger partial charge is 0.406 e. The topological polar surface area (TPSA) is 59.6 Å². The summed E-state index contributed by atoms with van der Waals surface area (Å²) in [6.07, 6.45) is 0.722. The predicted molar refractivity (Wildman–Crippen MR) is 81.1 cm³/mol. The van der Waals surface area contributed by atoms with Gasteiger partial charge in [0, 0.05) is 24.6 Å². The van der Waals surface area contributed by atoms with Crippen molar-refractivity contribution in [2.75, 3.05) is 33.4 Å². The highest BCUT2D eigenvalue weighted by Gasteiger charge is 2.28. The Hall–Kier alpha value is -1.73. The molecule has 1 aromatic rings. The van der Waals surface area contributed by atoms with E-state index >= 15 is 0 Å². The van der Waals surface area contributed by atoms with Gasteiger partial charge < -0.3 is 20.1 Å². The number of piperidine rings is 1. The fourth-order valence-electron chi connectivity index (χ4n) is 2.77. The SMILES string of the molecule is COC(=O)NCCOC(c1cccc(F)c1F)C1CCCNC1. The zero-order chi connectivity index (χ0) is 16.7. The van der Waals surface area contributed by atoms with Crippen LogP contribution in [0.2, 0.25) is 0 Å². The highest BCUT2D eigenvalue weighted by Crippen LogP contribution is 2.32. The fraction of sp³-hybridized carbons (Fsp3) is 0.562. The average Bonchev–Trinajstić information content (AvgIpc) is 2.58. The zero-order valence-electron chi connectivity index (χ0n) is 13.1. The molecular weight excluding hydrogens is 306 g/mol. The quantitative estimate of drug-likeness (QED) is 0.787. The first kappa shape index (κ1) is 17.6. The van der Waals surface area contributed by atoms with E-state index in [2.05, 4.69) is 15.4 Å². The Morgan fingerprint density at radius 1 is 1.48 bits per heavy atom. The molecule has 0 aromatic heterocycles. The van der Waals surface area contributed by atoms with Crippen LogP contribution in [0.4, 0.5) is 13.6 Å². The molecule has 2 unspecified atom stereocenters. The van der Waals surface area contributed by atoms with Gasteiger partial charge >= 0.3 is 6.09 Å². The standard InChI is InChI=1S/C16H22F2N2O3/c1-22-16(21)20-8-9-23-15(11-4-3-7-19-10-11)12-5-2-6-13(17)14(12)18/h2,5-6,11,15,19H,3-4,7-10H2,1H3,(H,20,21). The van der Waals surface area contributed by atoms with E-state index in [1.807, 2.05) is 0 Å². The van der Waals surface area contributed by atoms with Gasteiger partial charge in [-0.05, 0) is 25.5 Å². The molecule has 128 valence electrons. The van der Waals surface area contributed by atoms with Crippen LogP contribution in [0.1, 0.15) is 24.5 Å². The van der Waals surface area contributed by atoms with Crippen molar-refractivity contribution >= 4 is 6.09 Å². The fourth-order valence-corrected chi connectivity index (χ4v) is 2.77. The van der Waals surface area contributed by atoms with E-state index in [1.165, 1.54) is 13.2 Å². The van der Waals surface area contributed by atoms with E-state index in [1.54, 1.807) is 6.07 Å². The van der Waals surface area contributed by atoms with Gasteiger partial charge in [0.25, 0.3) is 0 Å². The summed E-state index contributed by atoms with van der Waals surface area (Å²) >= 11 is 0. The van der Waals surface area contributed by atoms with Crippen molar-refractivity contribution in [2.24, 2.45) is 5.92 Å². The third kappa shape index (κ3) is 4.87. The van der Waals surface area contributed by atoms with Gasteiger partial charge in [0.2, 0.25) is 0 Å². The molecule has 1 amide bonds. The van der Waals surface area contributed by atoms with Crippen molar-refractivity contribution < 1.29 is 23.0 Å². The molecule has 1 heterocycles. The number of hydrogen-bond acceptors (Lipinski definition) is 4. The number of carbonyl (C=O) groups is 1. The monoisotopic (exact) mass is 328 g/mol. The third-order valence-electron chi connectivity index (χ3n) is 3.91. The highest BCUT2D eigenvalue weighted by atomic mass is 19.2. The summed E-state index contributed by atoms with van der Waals surface area (Å²) in [5.74, 6) is -1.70. The van der Waals surface area contributed by atoms with Crippen LogP contribution in [0.25, 0.3) is 0 Å². The van der Waals surface area contributed by atoms with Crippen molar-refractivity contribution in [3.8, 4) is 0 Å². The number of ether oxygens (including phenoxy) is 2. The van der Waals surface area contributed by atoms with Crippen LogP contribution < -0.4 is 10.6 Å². The molecule has 0 spiro atoms. The van der Waals surface area contributed by atoms with Crippen molar-refractivity contribution in [3.05, 3.63) is 35.4 Å². The maximum absolute atomic E-state index is 14.1. The normalized spacial score (nSPS) is 19.2. The molecule has 5 nitrogen and oxygen atoms in total. The summed E-state index contributed by atoms with van der Waals surface area (Å²) in [6.45, 7) is 2.02. The minimum atomic E-state index is -0.882. The van der Waals surface area contributed by atoms with Crippen LogP contribution in [-0.2, 0) is 9.47 Å². The van der Waals surface area contributed by atoms with Gasteiger partial charge in [-0.3, -0.25) is 0 Å². The molecular formula is C16H22F2N2O3. The molecule has 1 aliphatic rings. The van der Waals surface area contributed by atoms with E-state index in [9.17, 15) is 13.6 Å². The van der Waals surface area contributed by atoms with Gasteiger partial charge in [-0.2, -0.15) is 0 Å². The van der Waals surface area contributed by atoms with Gasteiger partial charge in [-0.15, -0.1) is 0 Å². The maximum Gasteiger partial charge on any atom is 0.406 e. The Morgan fingerprint density at radius 3 is 3.00 bits per heavy atom. The molecule has 2 N–H and O–H groups in total. The number of rotatable bonds is 6. The van der Waals surface area contributed by atoms with Gasteiger partial charge in [0.1, 0.15) is 0 Å². The largest absolute Gasteiger partial charge is 0.453 e. The lowest BCUT2D eigenvalue weighted by molar-refractivity contribution is 0.00221. The molecule has 0 radical (unpaired) electrons. The molecule has 23 heavy (non-hydrogen) atoms. The van der Waals surface area contributed by atoms with Crippen LogP contribution in [-0.4, -0.2) is 39.4 Å². The Morgan fingerprint density at radius 2 is 2.30 bits per heavy atom.